The largest absolute Gasteiger partial charge is 0.423 e. The highest BCUT2D eigenvalue weighted by Crippen LogP contribution is 2.30. The predicted octanol–water partition coefficient (Wildman–Crippen LogP) is 5.85. The number of benzene rings is 3. The van der Waals surface area contributed by atoms with Gasteiger partial charge in [-0.15, -0.1) is 0 Å². The molecule has 1 heterocycles. The Morgan fingerprint density at radius 2 is 1.53 bits per heavy atom. The number of rotatable bonds is 3. The summed E-state index contributed by atoms with van der Waals surface area (Å²) in [6.45, 7) is 3.74. The van der Waals surface area contributed by atoms with Gasteiger partial charge in [-0.3, -0.25) is 9.36 Å². The van der Waals surface area contributed by atoms with Gasteiger partial charge in [-0.05, 0) is 61.4 Å². The van der Waals surface area contributed by atoms with Crippen LogP contribution in [0.2, 0.25) is 0 Å². The van der Waals surface area contributed by atoms with Crippen molar-refractivity contribution in [1.82, 2.24) is 4.57 Å². The van der Waals surface area contributed by atoms with E-state index in [9.17, 15) is 22.8 Å². The number of aromatic nitrogens is 1. The Morgan fingerprint density at radius 3 is 2.19 bits per heavy atom. The smallest absolute Gasteiger partial charge is 0.416 e. The standard InChI is InChI=1S/C25H18F3NO3/c1-15-10-16(2)12-19(11-15)32-24(31)22-14-29(23(30)21-9-4-3-8-20(21)22)18-7-5-6-17(13-18)25(26,27)28/h3-14H,1-2H3. The molecule has 0 fully saturated rings. The van der Waals surface area contributed by atoms with E-state index in [4.69, 9.17) is 4.74 Å². The first-order valence-electron chi connectivity index (χ1n) is 9.76. The number of aryl methyl sites for hydroxylation is 2. The summed E-state index contributed by atoms with van der Waals surface area (Å²) < 4.78 is 46.2. The summed E-state index contributed by atoms with van der Waals surface area (Å²) in [6.07, 6.45) is -3.34. The second-order valence-corrected chi connectivity index (χ2v) is 7.52. The topological polar surface area (TPSA) is 48.3 Å². The van der Waals surface area contributed by atoms with Crippen molar-refractivity contribution in [1.29, 1.82) is 0 Å². The molecule has 0 aliphatic heterocycles. The fourth-order valence-electron chi connectivity index (χ4n) is 3.63. The van der Waals surface area contributed by atoms with Crippen LogP contribution in [0.3, 0.4) is 0 Å². The molecular weight excluding hydrogens is 419 g/mol. The van der Waals surface area contributed by atoms with Crippen LogP contribution >= 0.6 is 0 Å². The van der Waals surface area contributed by atoms with E-state index in [0.717, 1.165) is 27.8 Å². The third-order valence-electron chi connectivity index (χ3n) is 5.00. The number of nitrogens with zero attached hydrogens (tertiary/aromatic N) is 1. The van der Waals surface area contributed by atoms with Gasteiger partial charge in [0.2, 0.25) is 0 Å². The van der Waals surface area contributed by atoms with E-state index >= 15 is 0 Å². The van der Waals surface area contributed by atoms with Gasteiger partial charge in [0.1, 0.15) is 5.75 Å². The lowest BCUT2D eigenvalue weighted by atomic mass is 10.1. The van der Waals surface area contributed by atoms with Gasteiger partial charge in [0.25, 0.3) is 5.56 Å². The number of carbonyl (C=O) groups is 1. The Kier molecular flexibility index (Phi) is 5.34. The SMILES string of the molecule is Cc1cc(C)cc(OC(=O)c2cn(-c3cccc(C(F)(F)F)c3)c(=O)c3ccccc23)c1. The zero-order valence-electron chi connectivity index (χ0n) is 17.2. The Labute approximate surface area is 181 Å². The molecule has 4 nitrogen and oxygen atoms in total. The van der Waals surface area contributed by atoms with Crippen LogP contribution in [0.4, 0.5) is 13.2 Å². The molecule has 0 saturated carbocycles. The summed E-state index contributed by atoms with van der Waals surface area (Å²) >= 11 is 0. The number of hydrogen-bond acceptors (Lipinski definition) is 3. The van der Waals surface area contributed by atoms with Crippen molar-refractivity contribution >= 4 is 16.7 Å². The van der Waals surface area contributed by atoms with E-state index < -0.39 is 23.3 Å². The molecule has 1 aromatic heterocycles. The number of ether oxygens (including phenoxy) is 1. The summed E-state index contributed by atoms with van der Waals surface area (Å²) in [5, 5.41) is 0.551. The number of halogens is 3. The lowest BCUT2D eigenvalue weighted by Crippen LogP contribution is -2.22. The monoisotopic (exact) mass is 437 g/mol. The molecule has 0 atom stereocenters. The number of pyridine rings is 1. The fourth-order valence-corrected chi connectivity index (χ4v) is 3.63. The molecule has 4 rings (SSSR count). The van der Waals surface area contributed by atoms with E-state index in [-0.39, 0.29) is 16.6 Å². The molecule has 0 bridgehead atoms. The number of esters is 1. The predicted molar refractivity (Wildman–Crippen MR) is 115 cm³/mol. The zero-order valence-corrected chi connectivity index (χ0v) is 17.2. The summed E-state index contributed by atoms with van der Waals surface area (Å²) in [6, 6.07) is 16.1. The van der Waals surface area contributed by atoms with Crippen LogP contribution in [0.5, 0.6) is 5.75 Å². The fraction of sp³-hybridized carbons (Fsp3) is 0.120. The zero-order chi connectivity index (χ0) is 23.0. The van der Waals surface area contributed by atoms with Gasteiger partial charge in [0.05, 0.1) is 11.1 Å². The Balaban J connectivity index is 1.88. The van der Waals surface area contributed by atoms with E-state index in [1.807, 2.05) is 19.9 Å². The Hall–Kier alpha value is -3.87. The summed E-state index contributed by atoms with van der Waals surface area (Å²) in [4.78, 5) is 26.1. The molecule has 0 saturated heterocycles. The second-order valence-electron chi connectivity index (χ2n) is 7.52. The Bertz CT molecular complexity index is 1380. The molecule has 4 aromatic rings. The molecule has 0 spiro atoms. The van der Waals surface area contributed by atoms with Gasteiger partial charge in [-0.2, -0.15) is 13.2 Å². The molecule has 0 aliphatic rings. The lowest BCUT2D eigenvalue weighted by molar-refractivity contribution is -0.137. The van der Waals surface area contributed by atoms with Gasteiger partial charge < -0.3 is 4.74 Å². The van der Waals surface area contributed by atoms with Gasteiger partial charge in [-0.25, -0.2) is 4.79 Å². The molecule has 0 unspecified atom stereocenters. The van der Waals surface area contributed by atoms with Crippen molar-refractivity contribution in [3.05, 3.63) is 106 Å². The van der Waals surface area contributed by atoms with Crippen LogP contribution in [-0.2, 0) is 6.18 Å². The normalized spacial score (nSPS) is 11.5. The van der Waals surface area contributed by atoms with Crippen molar-refractivity contribution in [2.24, 2.45) is 0 Å². The maximum Gasteiger partial charge on any atom is 0.416 e. The van der Waals surface area contributed by atoms with Gasteiger partial charge >= 0.3 is 12.1 Å². The van der Waals surface area contributed by atoms with E-state index in [1.54, 1.807) is 30.3 Å². The molecule has 32 heavy (non-hydrogen) atoms. The molecule has 7 heteroatoms. The van der Waals surface area contributed by atoms with Crippen molar-refractivity contribution in [2.45, 2.75) is 20.0 Å². The average Bonchev–Trinajstić information content (AvgIpc) is 2.73. The van der Waals surface area contributed by atoms with Gasteiger partial charge in [0.15, 0.2) is 0 Å². The molecule has 3 aromatic carbocycles. The van der Waals surface area contributed by atoms with Crippen molar-refractivity contribution in [3.63, 3.8) is 0 Å². The molecule has 0 amide bonds. The maximum absolute atomic E-state index is 13.2. The van der Waals surface area contributed by atoms with Gasteiger partial charge in [0, 0.05) is 22.7 Å². The second kappa shape index (κ2) is 8.00. The van der Waals surface area contributed by atoms with Crippen LogP contribution in [0.25, 0.3) is 16.5 Å². The average molecular weight is 437 g/mol. The maximum atomic E-state index is 13.2. The molecule has 0 radical (unpaired) electrons. The van der Waals surface area contributed by atoms with Crippen LogP contribution in [0.1, 0.15) is 27.0 Å². The molecule has 0 aliphatic carbocycles. The van der Waals surface area contributed by atoms with E-state index in [0.29, 0.717) is 11.1 Å². The van der Waals surface area contributed by atoms with Crippen molar-refractivity contribution in [2.75, 3.05) is 0 Å². The highest BCUT2D eigenvalue weighted by atomic mass is 19.4. The van der Waals surface area contributed by atoms with Crippen LogP contribution in [0.15, 0.2) is 77.7 Å². The molecule has 0 N–H and O–H groups in total. The van der Waals surface area contributed by atoms with Crippen molar-refractivity contribution in [3.8, 4) is 11.4 Å². The first kappa shape index (κ1) is 21.4. The number of hydrogen-bond donors (Lipinski definition) is 0. The minimum Gasteiger partial charge on any atom is -0.423 e. The number of carbonyl (C=O) groups excluding carboxylic acids is 1. The van der Waals surface area contributed by atoms with E-state index in [2.05, 4.69) is 0 Å². The summed E-state index contributed by atoms with van der Waals surface area (Å²) in [7, 11) is 0. The van der Waals surface area contributed by atoms with Crippen molar-refractivity contribution < 1.29 is 22.7 Å². The summed E-state index contributed by atoms with van der Waals surface area (Å²) in [5.74, 6) is -0.375. The first-order chi connectivity index (χ1) is 15.1. The van der Waals surface area contributed by atoms with Crippen LogP contribution in [0, 0.1) is 13.8 Å². The summed E-state index contributed by atoms with van der Waals surface area (Å²) in [5.41, 5.74) is 0.447. The van der Waals surface area contributed by atoms with Gasteiger partial charge in [-0.1, -0.05) is 30.3 Å². The Morgan fingerprint density at radius 1 is 0.875 bits per heavy atom. The van der Waals surface area contributed by atoms with Crippen LogP contribution < -0.4 is 10.3 Å². The minimum absolute atomic E-state index is 0.00368. The quantitative estimate of drug-likeness (QED) is 0.299. The number of fused-ring (bicyclic) bond motifs is 1. The highest BCUT2D eigenvalue weighted by molar-refractivity contribution is 6.04. The number of alkyl halides is 3. The van der Waals surface area contributed by atoms with E-state index in [1.165, 1.54) is 24.4 Å². The lowest BCUT2D eigenvalue weighted by Gasteiger charge is -2.14. The molecular formula is C25H18F3NO3. The first-order valence-corrected chi connectivity index (χ1v) is 9.76. The van der Waals surface area contributed by atoms with Crippen LogP contribution in [-0.4, -0.2) is 10.5 Å². The third-order valence-corrected chi connectivity index (χ3v) is 5.00. The minimum atomic E-state index is -4.57. The third kappa shape index (κ3) is 4.14. The molecule has 162 valence electrons. The highest BCUT2D eigenvalue weighted by Gasteiger charge is 2.30.